The number of benzene rings is 2. The molecule has 0 saturated carbocycles. The van der Waals surface area contributed by atoms with Gasteiger partial charge in [-0.05, 0) is 53.9 Å². The number of hydrogen-bond donors (Lipinski definition) is 3. The van der Waals surface area contributed by atoms with Crippen molar-refractivity contribution in [3.05, 3.63) is 71.8 Å². The second-order valence-electron chi connectivity index (χ2n) is 8.85. The van der Waals surface area contributed by atoms with Crippen LogP contribution in [0.15, 0.2) is 60.7 Å². The summed E-state index contributed by atoms with van der Waals surface area (Å²) in [6.07, 6.45) is 6.17. The second-order valence-corrected chi connectivity index (χ2v) is 8.85. The third kappa shape index (κ3) is 5.65. The Bertz CT molecular complexity index is 1030. The third-order valence-electron chi connectivity index (χ3n) is 6.54. The number of carbonyl (C=O) groups is 3. The fourth-order valence-electron chi connectivity index (χ4n) is 4.73. The predicted octanol–water partition coefficient (Wildman–Crippen LogP) is 4.23. The van der Waals surface area contributed by atoms with Crippen LogP contribution in [0, 0.1) is 5.92 Å². The van der Waals surface area contributed by atoms with Gasteiger partial charge in [-0.3, -0.25) is 9.59 Å². The van der Waals surface area contributed by atoms with Gasteiger partial charge in [0, 0.05) is 18.9 Å². The van der Waals surface area contributed by atoms with Crippen molar-refractivity contribution in [3.63, 3.8) is 0 Å². The number of carboxylic acids is 1. The van der Waals surface area contributed by atoms with Crippen LogP contribution in [0.25, 0.3) is 11.1 Å². The molecule has 2 atom stereocenters. The number of aliphatic carboxylic acids is 1. The smallest absolute Gasteiger partial charge is 0.407 e. The lowest BCUT2D eigenvalue weighted by molar-refractivity contribution is -0.137. The summed E-state index contributed by atoms with van der Waals surface area (Å²) in [5, 5.41) is 14.5. The summed E-state index contributed by atoms with van der Waals surface area (Å²) in [5.74, 6) is -1.15. The first-order valence-corrected chi connectivity index (χ1v) is 11.8. The Balaban J connectivity index is 1.36. The van der Waals surface area contributed by atoms with E-state index < -0.39 is 18.1 Å². The Labute approximate surface area is 199 Å². The van der Waals surface area contributed by atoms with Crippen molar-refractivity contribution < 1.29 is 24.2 Å². The van der Waals surface area contributed by atoms with E-state index in [9.17, 15) is 14.4 Å². The fraction of sp³-hybridized carbons (Fsp3) is 0.370. The van der Waals surface area contributed by atoms with Gasteiger partial charge in [0.25, 0.3) is 0 Å². The maximum atomic E-state index is 12.7. The maximum absolute atomic E-state index is 12.7. The average Bonchev–Trinajstić information content (AvgIpc) is 3.18. The first-order chi connectivity index (χ1) is 16.5. The van der Waals surface area contributed by atoms with Gasteiger partial charge in [0.2, 0.25) is 5.91 Å². The standard InChI is InChI=1S/C27H30N2O5/c30-25(31)15-14-24(26(32)28-16-18-8-2-1-3-9-18)29-27(33)34-17-23-21-12-6-4-10-19(21)20-11-5-7-13-22(20)23/h1-2,4-7,10-13,18,23-24H,3,8-9,14-17H2,(H,28,32)(H,29,33)(H,30,31). The van der Waals surface area contributed by atoms with Crippen LogP contribution in [-0.2, 0) is 14.3 Å². The Hall–Kier alpha value is -3.61. The molecule has 2 aromatic rings. The molecule has 0 radical (unpaired) electrons. The molecule has 0 aliphatic heterocycles. The molecule has 7 nitrogen and oxygen atoms in total. The van der Waals surface area contributed by atoms with Crippen LogP contribution < -0.4 is 10.6 Å². The van der Waals surface area contributed by atoms with Crippen molar-refractivity contribution in [2.75, 3.05) is 13.2 Å². The van der Waals surface area contributed by atoms with E-state index in [1.165, 1.54) is 0 Å². The Morgan fingerprint density at radius 3 is 2.29 bits per heavy atom. The number of allylic oxidation sites excluding steroid dienone is 2. The van der Waals surface area contributed by atoms with Crippen LogP contribution in [0.4, 0.5) is 4.79 Å². The quantitative estimate of drug-likeness (QED) is 0.484. The van der Waals surface area contributed by atoms with Gasteiger partial charge in [0.1, 0.15) is 12.6 Å². The van der Waals surface area contributed by atoms with E-state index in [-0.39, 0.29) is 31.3 Å². The van der Waals surface area contributed by atoms with Gasteiger partial charge in [-0.15, -0.1) is 0 Å². The highest BCUT2D eigenvalue weighted by Gasteiger charge is 2.30. The largest absolute Gasteiger partial charge is 0.481 e. The average molecular weight is 463 g/mol. The summed E-state index contributed by atoms with van der Waals surface area (Å²) in [6.45, 7) is 0.626. The van der Waals surface area contributed by atoms with Crippen molar-refractivity contribution in [2.45, 2.75) is 44.1 Å². The highest BCUT2D eigenvalue weighted by molar-refractivity contribution is 5.86. The summed E-state index contributed by atoms with van der Waals surface area (Å²) in [5.41, 5.74) is 4.45. The van der Waals surface area contributed by atoms with Crippen LogP contribution in [-0.4, -0.2) is 42.3 Å². The van der Waals surface area contributed by atoms with Gasteiger partial charge < -0.3 is 20.5 Å². The molecule has 2 amide bonds. The van der Waals surface area contributed by atoms with Crippen LogP contribution >= 0.6 is 0 Å². The van der Waals surface area contributed by atoms with E-state index in [1.54, 1.807) is 0 Å². The van der Waals surface area contributed by atoms with Gasteiger partial charge in [-0.25, -0.2) is 4.79 Å². The lowest BCUT2D eigenvalue weighted by Gasteiger charge is -2.22. The molecule has 2 aliphatic rings. The zero-order valence-corrected chi connectivity index (χ0v) is 19.0. The number of hydrogen-bond acceptors (Lipinski definition) is 4. The van der Waals surface area contributed by atoms with E-state index in [4.69, 9.17) is 9.84 Å². The van der Waals surface area contributed by atoms with Crippen molar-refractivity contribution in [3.8, 4) is 11.1 Å². The molecule has 2 aliphatic carbocycles. The molecule has 0 heterocycles. The molecule has 0 spiro atoms. The molecule has 34 heavy (non-hydrogen) atoms. The third-order valence-corrected chi connectivity index (χ3v) is 6.54. The molecule has 0 bridgehead atoms. The number of carboxylic acid groups (broad SMARTS) is 1. The van der Waals surface area contributed by atoms with Gasteiger partial charge in [0.15, 0.2) is 0 Å². The zero-order valence-electron chi connectivity index (χ0n) is 19.0. The maximum Gasteiger partial charge on any atom is 0.407 e. The minimum absolute atomic E-state index is 0.00404. The van der Waals surface area contributed by atoms with E-state index >= 15 is 0 Å². The van der Waals surface area contributed by atoms with Crippen LogP contribution in [0.5, 0.6) is 0 Å². The van der Waals surface area contributed by atoms with Crippen molar-refractivity contribution in [1.82, 2.24) is 10.6 Å². The van der Waals surface area contributed by atoms with Crippen molar-refractivity contribution in [1.29, 1.82) is 0 Å². The first kappa shape index (κ1) is 23.5. The van der Waals surface area contributed by atoms with Gasteiger partial charge >= 0.3 is 12.1 Å². The van der Waals surface area contributed by atoms with Crippen molar-refractivity contribution in [2.24, 2.45) is 5.92 Å². The number of alkyl carbamates (subject to hydrolysis) is 1. The molecule has 0 aromatic heterocycles. The second kappa shape index (κ2) is 11.0. The number of nitrogens with one attached hydrogen (secondary N) is 2. The fourth-order valence-corrected chi connectivity index (χ4v) is 4.73. The molecule has 4 rings (SSSR count). The topological polar surface area (TPSA) is 105 Å². The molecule has 2 unspecified atom stereocenters. The molecule has 3 N–H and O–H groups in total. The summed E-state index contributed by atoms with van der Waals surface area (Å²) in [4.78, 5) is 36.4. The van der Waals surface area contributed by atoms with Gasteiger partial charge in [-0.1, -0.05) is 60.7 Å². The van der Waals surface area contributed by atoms with E-state index in [0.29, 0.717) is 12.5 Å². The summed E-state index contributed by atoms with van der Waals surface area (Å²) < 4.78 is 5.53. The summed E-state index contributed by atoms with van der Waals surface area (Å²) >= 11 is 0. The monoisotopic (exact) mass is 462 g/mol. The van der Waals surface area contributed by atoms with Gasteiger partial charge in [0.05, 0.1) is 0 Å². The zero-order chi connectivity index (χ0) is 23.9. The molecule has 7 heteroatoms. The Kier molecular flexibility index (Phi) is 7.62. The number of fused-ring (bicyclic) bond motifs is 3. The minimum atomic E-state index is -1.02. The van der Waals surface area contributed by atoms with Crippen LogP contribution in [0.2, 0.25) is 0 Å². The first-order valence-electron chi connectivity index (χ1n) is 11.8. The normalized spacial score (nSPS) is 17.4. The number of ether oxygens (including phenoxy) is 1. The number of rotatable bonds is 9. The number of carbonyl (C=O) groups excluding carboxylic acids is 2. The molecule has 0 saturated heterocycles. The molecule has 178 valence electrons. The van der Waals surface area contributed by atoms with E-state index in [1.807, 2.05) is 36.4 Å². The molecule has 2 aromatic carbocycles. The van der Waals surface area contributed by atoms with Gasteiger partial charge in [-0.2, -0.15) is 0 Å². The molecular weight excluding hydrogens is 432 g/mol. The SMILES string of the molecule is O=C(O)CCC(NC(=O)OCC1c2ccccc2-c2ccccc21)C(=O)NCC1CC=CCC1. The lowest BCUT2D eigenvalue weighted by Crippen LogP contribution is -2.48. The van der Waals surface area contributed by atoms with E-state index in [0.717, 1.165) is 41.5 Å². The molecular formula is C27H30N2O5. The Morgan fingerprint density at radius 2 is 1.68 bits per heavy atom. The minimum Gasteiger partial charge on any atom is -0.481 e. The number of amides is 2. The van der Waals surface area contributed by atoms with Crippen LogP contribution in [0.3, 0.4) is 0 Å². The highest BCUT2D eigenvalue weighted by Crippen LogP contribution is 2.44. The van der Waals surface area contributed by atoms with Crippen LogP contribution in [0.1, 0.15) is 49.1 Å². The predicted molar refractivity (Wildman–Crippen MR) is 128 cm³/mol. The Morgan fingerprint density at radius 1 is 1.00 bits per heavy atom. The highest BCUT2D eigenvalue weighted by atomic mass is 16.5. The van der Waals surface area contributed by atoms with Crippen molar-refractivity contribution >= 4 is 18.0 Å². The van der Waals surface area contributed by atoms with E-state index in [2.05, 4.69) is 34.9 Å². The summed E-state index contributed by atoms with van der Waals surface area (Å²) in [7, 11) is 0. The molecule has 0 fully saturated rings. The lowest BCUT2D eigenvalue weighted by atomic mass is 9.94. The summed E-state index contributed by atoms with van der Waals surface area (Å²) in [6, 6.07) is 15.1.